The normalized spacial score (nSPS) is 40.6. The van der Waals surface area contributed by atoms with Crippen molar-refractivity contribution in [1.82, 2.24) is 4.90 Å². The fraction of sp³-hybridized carbons (Fsp3) is 0.632. The first-order valence-electron chi connectivity index (χ1n) is 8.63. The van der Waals surface area contributed by atoms with Gasteiger partial charge in [0.25, 0.3) is 0 Å². The Balaban J connectivity index is 1.86. The van der Waals surface area contributed by atoms with Gasteiger partial charge >= 0.3 is 0 Å². The molecular formula is C19H23NO3. The summed E-state index contributed by atoms with van der Waals surface area (Å²) in [7, 11) is 3.92. The Morgan fingerprint density at radius 2 is 2.17 bits per heavy atom. The first-order chi connectivity index (χ1) is 11.0. The number of carbonyl (C=O) groups is 1. The number of benzene rings is 1. The number of hydrogen-bond donors (Lipinski definition) is 0. The zero-order valence-electron chi connectivity index (χ0n) is 14.0. The van der Waals surface area contributed by atoms with Gasteiger partial charge in [-0.15, -0.1) is 0 Å². The Morgan fingerprint density at radius 3 is 2.96 bits per heavy atom. The van der Waals surface area contributed by atoms with Crippen LogP contribution in [0.3, 0.4) is 0 Å². The van der Waals surface area contributed by atoms with Gasteiger partial charge in [-0.1, -0.05) is 13.0 Å². The van der Waals surface area contributed by atoms with E-state index >= 15 is 0 Å². The van der Waals surface area contributed by atoms with Gasteiger partial charge in [0.05, 0.1) is 12.5 Å². The summed E-state index contributed by atoms with van der Waals surface area (Å²) in [5, 5.41) is 0. The van der Waals surface area contributed by atoms with Crippen LogP contribution in [0.4, 0.5) is 0 Å². The molecule has 4 atom stereocenters. The second kappa shape index (κ2) is 4.10. The van der Waals surface area contributed by atoms with Gasteiger partial charge in [0, 0.05) is 18.0 Å². The molecule has 0 radical (unpaired) electrons. The Bertz CT molecular complexity index is 730. The Labute approximate surface area is 136 Å². The van der Waals surface area contributed by atoms with E-state index in [1.807, 2.05) is 6.07 Å². The molecule has 122 valence electrons. The summed E-state index contributed by atoms with van der Waals surface area (Å²) in [5.41, 5.74) is 2.59. The van der Waals surface area contributed by atoms with Crippen molar-refractivity contribution in [2.75, 3.05) is 20.7 Å². The van der Waals surface area contributed by atoms with Crippen molar-refractivity contribution in [1.29, 1.82) is 0 Å². The molecule has 1 unspecified atom stereocenters. The summed E-state index contributed by atoms with van der Waals surface area (Å²) in [6.45, 7) is 3.43. The molecule has 0 amide bonds. The van der Waals surface area contributed by atoms with Gasteiger partial charge in [-0.2, -0.15) is 0 Å². The van der Waals surface area contributed by atoms with Crippen molar-refractivity contribution >= 4 is 5.78 Å². The lowest BCUT2D eigenvalue weighted by atomic mass is 9.44. The Kier molecular flexibility index (Phi) is 2.47. The van der Waals surface area contributed by atoms with E-state index in [9.17, 15) is 4.79 Å². The standard InChI is InChI=1S/C19H23NO3/c1-18-7-6-12(21)17-19(18)8-9-20(2)14(18)10-11-4-5-13(22-3)16(23-17)15(11)19/h4-5,14,17H,6-10H2,1-3H3/t14-,17?,18+,19+/m1/s1. The first kappa shape index (κ1) is 13.8. The minimum Gasteiger partial charge on any atom is -0.493 e. The fourth-order valence-electron chi connectivity index (χ4n) is 6.14. The SMILES string of the molecule is COc1ccc2c3c1OC1C(=O)CC[C@@]4(C)[C@@H](C2)N(C)CC[C@]314. The van der Waals surface area contributed by atoms with Gasteiger partial charge in [0.1, 0.15) is 0 Å². The molecule has 2 heterocycles. The summed E-state index contributed by atoms with van der Waals surface area (Å²) in [6, 6.07) is 4.68. The predicted octanol–water partition coefficient (Wildman–Crippen LogP) is 2.32. The van der Waals surface area contributed by atoms with Crippen LogP contribution in [0.15, 0.2) is 12.1 Å². The average Bonchev–Trinajstić information content (AvgIpc) is 2.90. The molecule has 2 aliphatic heterocycles. The number of nitrogens with zero attached hydrogens (tertiary/aromatic N) is 1. The van der Waals surface area contributed by atoms with E-state index in [0.29, 0.717) is 12.5 Å². The van der Waals surface area contributed by atoms with Crippen LogP contribution in [0, 0.1) is 5.41 Å². The third-order valence-electron chi connectivity index (χ3n) is 7.30. The molecule has 2 fully saturated rings. The molecule has 4 heteroatoms. The zero-order valence-corrected chi connectivity index (χ0v) is 14.0. The van der Waals surface area contributed by atoms with Gasteiger partial charge in [-0.3, -0.25) is 4.79 Å². The molecule has 1 aromatic rings. The third-order valence-corrected chi connectivity index (χ3v) is 7.30. The quantitative estimate of drug-likeness (QED) is 0.797. The van der Waals surface area contributed by atoms with E-state index in [0.717, 1.165) is 37.3 Å². The zero-order chi connectivity index (χ0) is 16.0. The van der Waals surface area contributed by atoms with Crippen molar-refractivity contribution in [3.63, 3.8) is 0 Å². The molecule has 5 rings (SSSR count). The number of Topliss-reactive ketones (excluding diaryl/α,β-unsaturated/α-hetero) is 1. The van der Waals surface area contributed by atoms with E-state index in [1.54, 1.807) is 7.11 Å². The molecule has 4 nitrogen and oxygen atoms in total. The summed E-state index contributed by atoms with van der Waals surface area (Å²) in [4.78, 5) is 15.3. The van der Waals surface area contributed by atoms with E-state index in [2.05, 4.69) is 24.9 Å². The lowest BCUT2D eigenvalue weighted by Gasteiger charge is -2.63. The summed E-state index contributed by atoms with van der Waals surface area (Å²) < 4.78 is 11.9. The number of piperidine rings is 1. The van der Waals surface area contributed by atoms with E-state index < -0.39 is 0 Å². The van der Waals surface area contributed by atoms with Gasteiger partial charge in [-0.05, 0) is 49.9 Å². The number of likely N-dealkylation sites (tertiary alicyclic amines) is 1. The van der Waals surface area contributed by atoms with E-state index in [4.69, 9.17) is 9.47 Å². The lowest BCUT2D eigenvalue weighted by molar-refractivity contribution is -0.150. The van der Waals surface area contributed by atoms with Crippen molar-refractivity contribution in [3.8, 4) is 11.5 Å². The minimum atomic E-state index is -0.317. The highest BCUT2D eigenvalue weighted by Crippen LogP contribution is 2.68. The van der Waals surface area contributed by atoms with Crippen LogP contribution < -0.4 is 9.47 Å². The highest BCUT2D eigenvalue weighted by molar-refractivity contribution is 5.89. The molecule has 1 spiro atoms. The smallest absolute Gasteiger partial charge is 0.174 e. The summed E-state index contributed by atoms with van der Waals surface area (Å²) in [5.74, 6) is 1.90. The molecule has 1 saturated carbocycles. The molecular weight excluding hydrogens is 290 g/mol. The van der Waals surface area contributed by atoms with Crippen LogP contribution in [0.5, 0.6) is 11.5 Å². The molecule has 2 aliphatic carbocycles. The fourth-order valence-corrected chi connectivity index (χ4v) is 6.14. The highest BCUT2D eigenvalue weighted by atomic mass is 16.5. The van der Waals surface area contributed by atoms with Crippen molar-refractivity contribution in [2.24, 2.45) is 5.41 Å². The molecule has 23 heavy (non-hydrogen) atoms. The summed E-state index contributed by atoms with van der Waals surface area (Å²) in [6.07, 6.45) is 3.34. The molecule has 0 N–H and O–H groups in total. The van der Waals surface area contributed by atoms with Crippen LogP contribution in [-0.2, 0) is 16.6 Å². The van der Waals surface area contributed by atoms with Crippen LogP contribution >= 0.6 is 0 Å². The maximum absolute atomic E-state index is 12.8. The molecule has 2 bridgehead atoms. The average molecular weight is 313 g/mol. The van der Waals surface area contributed by atoms with Crippen LogP contribution in [0.2, 0.25) is 0 Å². The number of carbonyl (C=O) groups excluding carboxylic acids is 1. The van der Waals surface area contributed by atoms with E-state index in [-0.39, 0.29) is 22.7 Å². The number of likely N-dealkylation sites (N-methyl/N-ethyl adjacent to an activating group) is 1. The maximum Gasteiger partial charge on any atom is 0.174 e. The summed E-state index contributed by atoms with van der Waals surface area (Å²) >= 11 is 0. The minimum absolute atomic E-state index is 0.100. The topological polar surface area (TPSA) is 38.8 Å². The van der Waals surface area contributed by atoms with Gasteiger partial charge in [-0.25, -0.2) is 0 Å². The number of ketones is 1. The van der Waals surface area contributed by atoms with Crippen LogP contribution in [0.25, 0.3) is 0 Å². The first-order valence-corrected chi connectivity index (χ1v) is 8.63. The number of methoxy groups -OCH3 is 1. The Hall–Kier alpha value is -1.55. The van der Waals surface area contributed by atoms with E-state index in [1.165, 1.54) is 11.1 Å². The third kappa shape index (κ3) is 1.33. The second-order valence-electron chi connectivity index (χ2n) is 7.93. The second-order valence-corrected chi connectivity index (χ2v) is 7.93. The van der Waals surface area contributed by atoms with Crippen LogP contribution in [-0.4, -0.2) is 43.5 Å². The monoisotopic (exact) mass is 313 g/mol. The Morgan fingerprint density at radius 1 is 1.35 bits per heavy atom. The van der Waals surface area contributed by atoms with Gasteiger partial charge in [0.2, 0.25) is 0 Å². The van der Waals surface area contributed by atoms with Gasteiger partial charge in [0.15, 0.2) is 23.4 Å². The van der Waals surface area contributed by atoms with Gasteiger partial charge < -0.3 is 14.4 Å². The number of rotatable bonds is 1. The molecule has 1 aromatic carbocycles. The largest absolute Gasteiger partial charge is 0.493 e. The molecule has 1 saturated heterocycles. The number of ether oxygens (including phenoxy) is 2. The van der Waals surface area contributed by atoms with Crippen LogP contribution in [0.1, 0.15) is 37.3 Å². The molecule has 0 aromatic heterocycles. The van der Waals surface area contributed by atoms with Crippen molar-refractivity contribution < 1.29 is 14.3 Å². The number of hydrogen-bond acceptors (Lipinski definition) is 4. The van der Waals surface area contributed by atoms with Crippen molar-refractivity contribution in [2.45, 2.75) is 50.2 Å². The maximum atomic E-state index is 12.8. The highest BCUT2D eigenvalue weighted by Gasteiger charge is 2.70. The molecule has 4 aliphatic rings. The lowest BCUT2D eigenvalue weighted by Crippen LogP contribution is -2.70. The van der Waals surface area contributed by atoms with Crippen molar-refractivity contribution in [3.05, 3.63) is 23.3 Å². The predicted molar refractivity (Wildman–Crippen MR) is 86.2 cm³/mol.